The van der Waals surface area contributed by atoms with Gasteiger partial charge in [0.25, 0.3) is 0 Å². The predicted molar refractivity (Wildman–Crippen MR) is 86.3 cm³/mol. The number of halogens is 2. The second-order valence-corrected chi connectivity index (χ2v) is 5.46. The average molecular weight is 352 g/mol. The molecule has 0 spiro atoms. The summed E-state index contributed by atoms with van der Waals surface area (Å²) in [5.74, 6) is -1.82. The Bertz CT molecular complexity index is 724. The Morgan fingerprint density at radius 3 is 2.50 bits per heavy atom. The quantitative estimate of drug-likeness (QED) is 0.836. The third-order valence-corrected chi connectivity index (χ3v) is 3.52. The zero-order valence-electron chi connectivity index (χ0n) is 12.5. The number of carbonyl (C=O) groups is 2. The highest BCUT2D eigenvalue weighted by Crippen LogP contribution is 2.17. The van der Waals surface area contributed by atoms with Crippen molar-refractivity contribution in [2.24, 2.45) is 0 Å². The van der Waals surface area contributed by atoms with Gasteiger partial charge >= 0.3 is 12.1 Å². The van der Waals surface area contributed by atoms with E-state index in [0.717, 1.165) is 11.6 Å². The van der Waals surface area contributed by atoms with Gasteiger partial charge in [-0.05, 0) is 23.3 Å². The van der Waals surface area contributed by atoms with Crippen LogP contribution in [-0.2, 0) is 22.6 Å². The number of ether oxygens (including phenoxy) is 1. The number of nitrogens with one attached hydrogen (secondary N) is 1. The zero-order chi connectivity index (χ0) is 17.5. The lowest BCUT2D eigenvalue weighted by molar-refractivity contribution is -0.139. The fourth-order valence-electron chi connectivity index (χ4n) is 2.01. The van der Waals surface area contributed by atoms with Gasteiger partial charge < -0.3 is 15.2 Å². The minimum Gasteiger partial charge on any atom is -0.480 e. The molecule has 0 aliphatic carbocycles. The number of benzene rings is 2. The summed E-state index contributed by atoms with van der Waals surface area (Å²) in [7, 11) is 0. The van der Waals surface area contributed by atoms with Gasteiger partial charge in [-0.25, -0.2) is 14.0 Å². The van der Waals surface area contributed by atoms with Gasteiger partial charge in [0.15, 0.2) is 0 Å². The van der Waals surface area contributed by atoms with E-state index >= 15 is 0 Å². The Labute approximate surface area is 143 Å². The highest BCUT2D eigenvalue weighted by molar-refractivity contribution is 6.30. The van der Waals surface area contributed by atoms with Crippen LogP contribution >= 0.6 is 11.6 Å². The van der Waals surface area contributed by atoms with Crippen molar-refractivity contribution in [1.82, 2.24) is 5.32 Å². The number of hydrogen-bond acceptors (Lipinski definition) is 3. The number of carbonyl (C=O) groups excluding carboxylic acids is 1. The van der Waals surface area contributed by atoms with Gasteiger partial charge in [0, 0.05) is 6.42 Å². The highest BCUT2D eigenvalue weighted by atomic mass is 35.5. The van der Waals surface area contributed by atoms with Crippen LogP contribution in [0.4, 0.5) is 9.18 Å². The Morgan fingerprint density at radius 2 is 1.88 bits per heavy atom. The van der Waals surface area contributed by atoms with Crippen LogP contribution < -0.4 is 5.32 Å². The third-order valence-electron chi connectivity index (χ3n) is 3.23. The summed E-state index contributed by atoms with van der Waals surface area (Å²) in [6.45, 7) is 0.0292. The van der Waals surface area contributed by atoms with Crippen LogP contribution in [-0.4, -0.2) is 23.2 Å². The van der Waals surface area contributed by atoms with Gasteiger partial charge in [-0.1, -0.05) is 48.0 Å². The summed E-state index contributed by atoms with van der Waals surface area (Å²) >= 11 is 5.67. The first kappa shape index (κ1) is 17.7. The molecule has 24 heavy (non-hydrogen) atoms. The van der Waals surface area contributed by atoms with E-state index < -0.39 is 23.9 Å². The maximum absolute atomic E-state index is 13.1. The molecule has 0 saturated heterocycles. The first-order valence-electron chi connectivity index (χ1n) is 7.09. The second kappa shape index (κ2) is 8.31. The zero-order valence-corrected chi connectivity index (χ0v) is 13.3. The molecule has 126 valence electrons. The molecule has 0 bridgehead atoms. The first-order chi connectivity index (χ1) is 11.5. The molecule has 0 saturated carbocycles. The molecule has 2 rings (SSSR count). The molecule has 0 fully saturated rings. The lowest BCUT2D eigenvalue weighted by atomic mass is 10.1. The largest absolute Gasteiger partial charge is 0.480 e. The van der Waals surface area contributed by atoms with E-state index in [2.05, 4.69) is 5.32 Å². The number of hydrogen-bond donors (Lipinski definition) is 2. The molecule has 0 aliphatic heterocycles. The van der Waals surface area contributed by atoms with Gasteiger partial charge in [-0.15, -0.1) is 0 Å². The standard InChI is InChI=1S/C17H15ClFNO4/c18-13-8-12(6-7-14(13)19)9-15(16(21)22)20-17(23)24-10-11-4-2-1-3-5-11/h1-8,15H,9-10H2,(H,20,23)(H,21,22)/t15-/m1/s1. The van der Waals surface area contributed by atoms with Crippen molar-refractivity contribution in [1.29, 1.82) is 0 Å². The Balaban J connectivity index is 1.93. The summed E-state index contributed by atoms with van der Waals surface area (Å²) in [6, 6.07) is 11.7. The van der Waals surface area contributed by atoms with Crippen molar-refractivity contribution in [3.05, 3.63) is 70.5 Å². The van der Waals surface area contributed by atoms with Crippen molar-refractivity contribution >= 4 is 23.7 Å². The molecule has 2 N–H and O–H groups in total. The van der Waals surface area contributed by atoms with E-state index in [0.29, 0.717) is 5.56 Å². The SMILES string of the molecule is O=C(N[C@H](Cc1ccc(F)c(Cl)c1)C(=O)O)OCc1ccccc1. The molecule has 0 aliphatic rings. The smallest absolute Gasteiger partial charge is 0.408 e. The Hall–Kier alpha value is -2.60. The number of carboxylic acid groups (broad SMARTS) is 1. The highest BCUT2D eigenvalue weighted by Gasteiger charge is 2.21. The molecule has 1 atom stereocenters. The van der Waals surface area contributed by atoms with E-state index in [9.17, 15) is 19.1 Å². The van der Waals surface area contributed by atoms with E-state index in [1.54, 1.807) is 24.3 Å². The monoisotopic (exact) mass is 351 g/mol. The van der Waals surface area contributed by atoms with Crippen LogP contribution in [0.1, 0.15) is 11.1 Å². The topological polar surface area (TPSA) is 75.6 Å². The lowest BCUT2D eigenvalue weighted by Gasteiger charge is -2.15. The van der Waals surface area contributed by atoms with Crippen LogP contribution in [0, 0.1) is 5.82 Å². The normalized spacial score (nSPS) is 11.6. The van der Waals surface area contributed by atoms with Crippen molar-refractivity contribution < 1.29 is 23.8 Å². The average Bonchev–Trinajstić information content (AvgIpc) is 2.56. The van der Waals surface area contributed by atoms with Crippen molar-refractivity contribution in [3.63, 3.8) is 0 Å². The second-order valence-electron chi connectivity index (χ2n) is 5.05. The fraction of sp³-hybridized carbons (Fsp3) is 0.176. The molecule has 0 aromatic heterocycles. The van der Waals surface area contributed by atoms with Gasteiger partial charge in [-0.3, -0.25) is 0 Å². The maximum Gasteiger partial charge on any atom is 0.408 e. The van der Waals surface area contributed by atoms with Crippen LogP contribution in [0.25, 0.3) is 0 Å². The summed E-state index contributed by atoms with van der Waals surface area (Å²) in [5, 5.41) is 11.4. The maximum atomic E-state index is 13.1. The number of rotatable bonds is 6. The predicted octanol–water partition coefficient (Wildman–Crippen LogP) is 3.40. The van der Waals surface area contributed by atoms with Crippen LogP contribution in [0.3, 0.4) is 0 Å². The van der Waals surface area contributed by atoms with Gasteiger partial charge in [-0.2, -0.15) is 0 Å². The molecule has 5 nitrogen and oxygen atoms in total. The van der Waals surface area contributed by atoms with E-state index in [1.807, 2.05) is 6.07 Å². The summed E-state index contributed by atoms with van der Waals surface area (Å²) in [5.41, 5.74) is 1.27. The number of aliphatic carboxylic acids is 1. The molecule has 2 aromatic carbocycles. The molecule has 0 heterocycles. The Morgan fingerprint density at radius 1 is 1.17 bits per heavy atom. The van der Waals surface area contributed by atoms with Crippen molar-refractivity contribution in [3.8, 4) is 0 Å². The van der Waals surface area contributed by atoms with E-state index in [4.69, 9.17) is 16.3 Å². The molecular formula is C17H15ClFNO4. The van der Waals surface area contributed by atoms with Gasteiger partial charge in [0.1, 0.15) is 18.5 Å². The minimum absolute atomic E-state index is 0.0292. The van der Waals surface area contributed by atoms with Crippen LogP contribution in [0.15, 0.2) is 48.5 Å². The number of amides is 1. The van der Waals surface area contributed by atoms with Crippen LogP contribution in [0.2, 0.25) is 5.02 Å². The van der Waals surface area contributed by atoms with Crippen LogP contribution in [0.5, 0.6) is 0 Å². The first-order valence-corrected chi connectivity index (χ1v) is 7.47. The fourth-order valence-corrected chi connectivity index (χ4v) is 2.21. The Kier molecular flexibility index (Phi) is 6.14. The minimum atomic E-state index is -1.23. The molecule has 0 radical (unpaired) electrons. The van der Waals surface area contributed by atoms with Crippen molar-refractivity contribution in [2.75, 3.05) is 0 Å². The van der Waals surface area contributed by atoms with E-state index in [-0.39, 0.29) is 18.1 Å². The summed E-state index contributed by atoms with van der Waals surface area (Å²) < 4.78 is 18.1. The summed E-state index contributed by atoms with van der Waals surface area (Å²) in [4.78, 5) is 23.0. The number of carboxylic acids is 1. The summed E-state index contributed by atoms with van der Waals surface area (Å²) in [6.07, 6.45) is -0.894. The lowest BCUT2D eigenvalue weighted by Crippen LogP contribution is -2.42. The molecule has 0 unspecified atom stereocenters. The van der Waals surface area contributed by atoms with Gasteiger partial charge in [0.05, 0.1) is 5.02 Å². The molecular weight excluding hydrogens is 337 g/mol. The van der Waals surface area contributed by atoms with E-state index in [1.165, 1.54) is 12.1 Å². The van der Waals surface area contributed by atoms with Gasteiger partial charge in [0.2, 0.25) is 0 Å². The number of alkyl carbamates (subject to hydrolysis) is 1. The molecule has 1 amide bonds. The third kappa shape index (κ3) is 5.24. The van der Waals surface area contributed by atoms with Crippen molar-refractivity contribution in [2.45, 2.75) is 19.1 Å². The molecule has 7 heteroatoms. The molecule has 2 aromatic rings.